The van der Waals surface area contributed by atoms with Crippen LogP contribution in [0.15, 0.2) is 47.5 Å². The number of nitro groups is 1. The zero-order valence-electron chi connectivity index (χ0n) is 16.2. The van der Waals surface area contributed by atoms with Crippen molar-refractivity contribution >= 4 is 54.6 Å². The maximum absolute atomic E-state index is 12.9. The summed E-state index contributed by atoms with van der Waals surface area (Å²) in [6.07, 6.45) is 0. The lowest BCUT2D eigenvalue weighted by Gasteiger charge is -2.04. The summed E-state index contributed by atoms with van der Waals surface area (Å²) in [6.45, 7) is 1.03. The van der Waals surface area contributed by atoms with Gasteiger partial charge < -0.3 is 14.0 Å². The van der Waals surface area contributed by atoms with E-state index in [0.717, 1.165) is 20.7 Å². The SMILES string of the molecule is COCCn1c(=NC(=O)c2cc3cc([N+](=O)[O-])ccc3s2)sc2cc(OC)ccc21. The number of methoxy groups -OCH3 is 2. The Bertz CT molecular complexity index is 1340. The van der Waals surface area contributed by atoms with E-state index in [4.69, 9.17) is 9.47 Å². The van der Waals surface area contributed by atoms with E-state index in [1.807, 2.05) is 22.8 Å². The summed E-state index contributed by atoms with van der Waals surface area (Å²) in [5, 5.41) is 11.6. The molecular formula is C20H17N3O5S2. The number of ether oxygens (including phenoxy) is 2. The van der Waals surface area contributed by atoms with Crippen molar-refractivity contribution in [3.05, 3.63) is 62.3 Å². The third-order valence-electron chi connectivity index (χ3n) is 4.53. The van der Waals surface area contributed by atoms with Crippen LogP contribution in [-0.4, -0.2) is 36.2 Å². The summed E-state index contributed by atoms with van der Waals surface area (Å²) in [5.41, 5.74) is 0.934. The molecule has 154 valence electrons. The highest BCUT2D eigenvalue weighted by atomic mass is 32.1. The lowest BCUT2D eigenvalue weighted by Crippen LogP contribution is -2.19. The predicted molar refractivity (Wildman–Crippen MR) is 117 cm³/mol. The molecule has 10 heteroatoms. The first kappa shape index (κ1) is 20.2. The number of hydrogen-bond donors (Lipinski definition) is 0. The largest absolute Gasteiger partial charge is 0.497 e. The van der Waals surface area contributed by atoms with Crippen molar-refractivity contribution in [2.75, 3.05) is 20.8 Å². The van der Waals surface area contributed by atoms with Crippen LogP contribution < -0.4 is 9.54 Å². The van der Waals surface area contributed by atoms with Crippen molar-refractivity contribution in [2.45, 2.75) is 6.54 Å². The molecule has 30 heavy (non-hydrogen) atoms. The van der Waals surface area contributed by atoms with Crippen molar-refractivity contribution in [3.8, 4) is 5.75 Å². The molecule has 4 rings (SSSR count). The predicted octanol–water partition coefficient (Wildman–Crippen LogP) is 4.22. The van der Waals surface area contributed by atoms with Gasteiger partial charge in [-0.15, -0.1) is 11.3 Å². The van der Waals surface area contributed by atoms with Crippen molar-refractivity contribution in [3.63, 3.8) is 0 Å². The van der Waals surface area contributed by atoms with E-state index in [1.165, 1.54) is 34.8 Å². The van der Waals surface area contributed by atoms with E-state index >= 15 is 0 Å². The number of thiazole rings is 1. The molecular weight excluding hydrogens is 426 g/mol. The van der Waals surface area contributed by atoms with Crippen LogP contribution >= 0.6 is 22.7 Å². The number of benzene rings is 2. The Balaban J connectivity index is 1.78. The zero-order chi connectivity index (χ0) is 21.3. The van der Waals surface area contributed by atoms with E-state index in [-0.39, 0.29) is 11.6 Å². The molecule has 0 radical (unpaired) electrons. The fraction of sp³-hybridized carbons (Fsp3) is 0.200. The number of fused-ring (bicyclic) bond motifs is 2. The van der Waals surface area contributed by atoms with Gasteiger partial charge in [0, 0.05) is 35.9 Å². The van der Waals surface area contributed by atoms with Gasteiger partial charge in [-0.25, -0.2) is 0 Å². The first-order chi connectivity index (χ1) is 14.5. The Morgan fingerprint density at radius 3 is 2.70 bits per heavy atom. The second-order valence-electron chi connectivity index (χ2n) is 6.37. The van der Waals surface area contributed by atoms with Crippen LogP contribution in [0.5, 0.6) is 5.75 Å². The van der Waals surface area contributed by atoms with Crippen molar-refractivity contribution in [2.24, 2.45) is 4.99 Å². The summed E-state index contributed by atoms with van der Waals surface area (Å²) in [6, 6.07) is 11.9. The standard InChI is InChI=1S/C20H17N3O5S2/c1-27-8-7-22-15-5-4-14(28-2)11-17(15)30-20(22)21-19(24)18-10-12-9-13(23(25)26)3-6-16(12)29-18/h3-6,9-11H,7-8H2,1-2H3. The van der Waals surface area contributed by atoms with Crippen LogP contribution in [-0.2, 0) is 11.3 Å². The van der Waals surface area contributed by atoms with Crippen LogP contribution in [0.3, 0.4) is 0 Å². The van der Waals surface area contributed by atoms with Crippen molar-refractivity contribution < 1.29 is 19.2 Å². The fourth-order valence-electron chi connectivity index (χ4n) is 3.06. The lowest BCUT2D eigenvalue weighted by molar-refractivity contribution is -0.384. The number of hydrogen-bond acceptors (Lipinski definition) is 7. The van der Waals surface area contributed by atoms with Gasteiger partial charge in [-0.05, 0) is 30.3 Å². The minimum absolute atomic E-state index is 0.00732. The molecule has 2 aromatic heterocycles. The highest BCUT2D eigenvalue weighted by molar-refractivity contribution is 7.21. The number of carbonyl (C=O) groups is 1. The van der Waals surface area contributed by atoms with Crippen LogP contribution in [0.4, 0.5) is 5.69 Å². The Kier molecular flexibility index (Phi) is 5.62. The second kappa shape index (κ2) is 8.34. The number of nitrogens with zero attached hydrogens (tertiary/aromatic N) is 3. The molecule has 0 unspecified atom stereocenters. The van der Waals surface area contributed by atoms with E-state index in [9.17, 15) is 14.9 Å². The Morgan fingerprint density at radius 2 is 1.97 bits per heavy atom. The Morgan fingerprint density at radius 1 is 1.13 bits per heavy atom. The number of nitro benzene ring substituents is 1. The zero-order valence-corrected chi connectivity index (χ0v) is 17.8. The number of thiophene rings is 1. The highest BCUT2D eigenvalue weighted by Gasteiger charge is 2.14. The van der Waals surface area contributed by atoms with Gasteiger partial charge in [0.05, 0.1) is 33.7 Å². The van der Waals surface area contributed by atoms with E-state index in [0.29, 0.717) is 28.2 Å². The van der Waals surface area contributed by atoms with Gasteiger partial charge in [-0.1, -0.05) is 11.3 Å². The number of rotatable bonds is 6. The van der Waals surface area contributed by atoms with Crippen LogP contribution in [0.25, 0.3) is 20.3 Å². The monoisotopic (exact) mass is 443 g/mol. The molecule has 0 fully saturated rings. The van der Waals surface area contributed by atoms with Gasteiger partial charge in [0.25, 0.3) is 11.6 Å². The molecule has 0 bridgehead atoms. The number of non-ortho nitro benzene ring substituents is 1. The molecule has 4 aromatic rings. The van der Waals surface area contributed by atoms with Crippen molar-refractivity contribution in [1.29, 1.82) is 0 Å². The summed E-state index contributed by atoms with van der Waals surface area (Å²) >= 11 is 2.66. The number of carbonyl (C=O) groups excluding carboxylic acids is 1. The van der Waals surface area contributed by atoms with Crippen LogP contribution in [0.1, 0.15) is 9.67 Å². The maximum Gasteiger partial charge on any atom is 0.289 e. The molecule has 1 amide bonds. The van der Waals surface area contributed by atoms with Gasteiger partial charge in [-0.2, -0.15) is 4.99 Å². The molecule has 0 saturated carbocycles. The maximum atomic E-state index is 12.9. The first-order valence-corrected chi connectivity index (χ1v) is 10.6. The molecule has 0 N–H and O–H groups in total. The number of aromatic nitrogens is 1. The molecule has 0 aliphatic heterocycles. The van der Waals surface area contributed by atoms with Gasteiger partial charge in [0.1, 0.15) is 5.75 Å². The lowest BCUT2D eigenvalue weighted by atomic mass is 10.2. The van der Waals surface area contributed by atoms with E-state index < -0.39 is 4.92 Å². The van der Waals surface area contributed by atoms with Crippen LogP contribution in [0.2, 0.25) is 0 Å². The minimum Gasteiger partial charge on any atom is -0.497 e. The molecule has 0 saturated heterocycles. The number of amides is 1. The van der Waals surface area contributed by atoms with Crippen molar-refractivity contribution in [1.82, 2.24) is 4.57 Å². The second-order valence-corrected chi connectivity index (χ2v) is 8.46. The molecule has 2 heterocycles. The molecule has 2 aromatic carbocycles. The first-order valence-electron chi connectivity index (χ1n) is 8.93. The molecule has 8 nitrogen and oxygen atoms in total. The van der Waals surface area contributed by atoms with Gasteiger partial charge in [0.15, 0.2) is 4.80 Å². The summed E-state index contributed by atoms with van der Waals surface area (Å²) in [5.74, 6) is 0.343. The Hall–Kier alpha value is -3.08. The van der Waals surface area contributed by atoms with E-state index in [2.05, 4.69) is 4.99 Å². The molecule has 0 atom stereocenters. The van der Waals surface area contributed by atoms with Gasteiger partial charge >= 0.3 is 0 Å². The molecule has 0 aliphatic carbocycles. The summed E-state index contributed by atoms with van der Waals surface area (Å²) in [4.78, 5) is 28.7. The van der Waals surface area contributed by atoms with Gasteiger partial charge in [-0.3, -0.25) is 14.9 Å². The topological polar surface area (TPSA) is 96.0 Å². The minimum atomic E-state index is -0.451. The summed E-state index contributed by atoms with van der Waals surface area (Å²) < 4.78 is 14.2. The van der Waals surface area contributed by atoms with E-state index in [1.54, 1.807) is 26.4 Å². The molecule has 0 aliphatic rings. The Labute approximate surface area is 178 Å². The third-order valence-corrected chi connectivity index (χ3v) is 6.67. The highest BCUT2D eigenvalue weighted by Crippen LogP contribution is 2.29. The third kappa shape index (κ3) is 3.84. The smallest absolute Gasteiger partial charge is 0.289 e. The van der Waals surface area contributed by atoms with Crippen LogP contribution in [0, 0.1) is 10.1 Å². The normalized spacial score (nSPS) is 12.0. The van der Waals surface area contributed by atoms with Gasteiger partial charge in [0.2, 0.25) is 0 Å². The quantitative estimate of drug-likeness (QED) is 0.328. The fourth-order valence-corrected chi connectivity index (χ4v) is 5.07. The molecule has 0 spiro atoms. The summed E-state index contributed by atoms with van der Waals surface area (Å²) in [7, 11) is 3.23. The average Bonchev–Trinajstić information content (AvgIpc) is 3.32. The average molecular weight is 444 g/mol.